The van der Waals surface area contributed by atoms with Crippen LogP contribution in [0.15, 0.2) is 22.7 Å². The van der Waals surface area contributed by atoms with Gasteiger partial charge in [-0.25, -0.2) is 4.39 Å². The highest BCUT2D eigenvalue weighted by atomic mass is 79.9. The molecule has 4 heteroatoms. The van der Waals surface area contributed by atoms with Crippen LogP contribution in [0.3, 0.4) is 0 Å². The first-order valence-corrected chi connectivity index (χ1v) is 5.93. The van der Waals surface area contributed by atoms with Gasteiger partial charge in [-0.3, -0.25) is 11.3 Å². The standard InChI is InChI=1S/C11H14BrFN2/c12-10-8(5-2-6-9(10)13)11(15-14)7-3-1-4-7/h2,5-7,11,15H,1,3-4,14H2. The Hall–Kier alpha value is -0.450. The quantitative estimate of drug-likeness (QED) is 0.656. The molecule has 15 heavy (non-hydrogen) atoms. The van der Waals surface area contributed by atoms with Crippen LogP contribution in [0, 0.1) is 11.7 Å². The summed E-state index contributed by atoms with van der Waals surface area (Å²) in [5, 5.41) is 0. The van der Waals surface area contributed by atoms with Gasteiger partial charge >= 0.3 is 0 Å². The van der Waals surface area contributed by atoms with Gasteiger partial charge < -0.3 is 0 Å². The average molecular weight is 273 g/mol. The Morgan fingerprint density at radius 2 is 2.20 bits per heavy atom. The SMILES string of the molecule is NNC(c1cccc(F)c1Br)C1CCC1. The largest absolute Gasteiger partial charge is 0.271 e. The van der Waals surface area contributed by atoms with E-state index in [2.05, 4.69) is 21.4 Å². The van der Waals surface area contributed by atoms with Crippen molar-refractivity contribution < 1.29 is 4.39 Å². The molecule has 2 nitrogen and oxygen atoms in total. The van der Waals surface area contributed by atoms with Crippen molar-refractivity contribution in [2.24, 2.45) is 11.8 Å². The number of nitrogens with one attached hydrogen (secondary N) is 1. The van der Waals surface area contributed by atoms with Crippen LogP contribution in [0.4, 0.5) is 4.39 Å². The Morgan fingerprint density at radius 1 is 1.47 bits per heavy atom. The molecule has 0 amide bonds. The van der Waals surface area contributed by atoms with Crippen LogP contribution in [-0.4, -0.2) is 0 Å². The predicted molar refractivity (Wildman–Crippen MR) is 61.5 cm³/mol. The number of hydrazine groups is 1. The Kier molecular flexibility index (Phi) is 3.38. The highest BCUT2D eigenvalue weighted by Crippen LogP contribution is 2.39. The minimum Gasteiger partial charge on any atom is -0.271 e. The minimum absolute atomic E-state index is 0.0591. The summed E-state index contributed by atoms with van der Waals surface area (Å²) in [5.41, 5.74) is 3.71. The summed E-state index contributed by atoms with van der Waals surface area (Å²) in [4.78, 5) is 0. The third-order valence-electron chi connectivity index (χ3n) is 3.12. The van der Waals surface area contributed by atoms with E-state index in [1.807, 2.05) is 6.07 Å². The van der Waals surface area contributed by atoms with Gasteiger partial charge in [0, 0.05) is 6.04 Å². The van der Waals surface area contributed by atoms with Crippen molar-refractivity contribution in [1.82, 2.24) is 5.43 Å². The number of halogens is 2. The van der Waals surface area contributed by atoms with E-state index in [4.69, 9.17) is 5.84 Å². The summed E-state index contributed by atoms with van der Waals surface area (Å²) < 4.78 is 13.9. The second-order valence-electron chi connectivity index (χ2n) is 3.98. The summed E-state index contributed by atoms with van der Waals surface area (Å²) in [6.45, 7) is 0. The van der Waals surface area contributed by atoms with E-state index in [0.717, 1.165) is 18.4 Å². The molecule has 0 saturated heterocycles. The molecule has 1 atom stereocenters. The van der Waals surface area contributed by atoms with Crippen LogP contribution < -0.4 is 11.3 Å². The molecular weight excluding hydrogens is 259 g/mol. The number of benzene rings is 1. The van der Waals surface area contributed by atoms with E-state index >= 15 is 0 Å². The van der Waals surface area contributed by atoms with Gasteiger partial charge in [0.1, 0.15) is 5.82 Å². The molecule has 1 aliphatic rings. The zero-order valence-corrected chi connectivity index (χ0v) is 9.93. The average Bonchev–Trinajstić information content (AvgIpc) is 2.16. The van der Waals surface area contributed by atoms with Crippen LogP contribution in [0.1, 0.15) is 30.9 Å². The Bertz CT molecular complexity index is 352. The second-order valence-corrected chi connectivity index (χ2v) is 4.77. The molecule has 0 aromatic heterocycles. The number of rotatable bonds is 3. The fourth-order valence-corrected chi connectivity index (χ4v) is 2.52. The lowest BCUT2D eigenvalue weighted by atomic mass is 9.77. The number of hydrogen-bond acceptors (Lipinski definition) is 2. The molecule has 1 saturated carbocycles. The molecule has 0 radical (unpaired) electrons. The molecule has 1 fully saturated rings. The molecule has 1 aromatic rings. The first-order chi connectivity index (χ1) is 7.24. The molecule has 82 valence electrons. The fourth-order valence-electron chi connectivity index (χ4n) is 2.01. The lowest BCUT2D eigenvalue weighted by Crippen LogP contribution is -2.36. The molecule has 3 N–H and O–H groups in total. The number of hydrogen-bond donors (Lipinski definition) is 2. The second kappa shape index (κ2) is 4.60. The van der Waals surface area contributed by atoms with Crippen LogP contribution in [0.5, 0.6) is 0 Å². The molecule has 1 unspecified atom stereocenters. The molecule has 0 aliphatic heterocycles. The lowest BCUT2D eigenvalue weighted by Gasteiger charge is -2.34. The first kappa shape index (κ1) is 11.0. The van der Waals surface area contributed by atoms with E-state index < -0.39 is 0 Å². The maximum atomic E-state index is 13.3. The van der Waals surface area contributed by atoms with Gasteiger partial charge in [0.05, 0.1) is 4.47 Å². The maximum absolute atomic E-state index is 13.3. The van der Waals surface area contributed by atoms with Gasteiger partial charge in [-0.2, -0.15) is 0 Å². The van der Waals surface area contributed by atoms with Crippen molar-refractivity contribution in [3.63, 3.8) is 0 Å². The Labute approximate surface area is 97.1 Å². The maximum Gasteiger partial charge on any atom is 0.137 e. The molecule has 0 spiro atoms. The van der Waals surface area contributed by atoms with Crippen molar-refractivity contribution in [1.29, 1.82) is 0 Å². The summed E-state index contributed by atoms with van der Waals surface area (Å²) in [6.07, 6.45) is 3.57. The van der Waals surface area contributed by atoms with Crippen molar-refractivity contribution in [2.75, 3.05) is 0 Å². The van der Waals surface area contributed by atoms with Gasteiger partial charge in [0.25, 0.3) is 0 Å². The molecule has 1 aliphatic carbocycles. The summed E-state index contributed by atoms with van der Waals surface area (Å²) in [6, 6.07) is 5.14. The summed E-state index contributed by atoms with van der Waals surface area (Å²) in [5.74, 6) is 5.85. The van der Waals surface area contributed by atoms with Crippen LogP contribution in [0.2, 0.25) is 0 Å². The Balaban J connectivity index is 2.29. The van der Waals surface area contributed by atoms with Gasteiger partial charge in [0.15, 0.2) is 0 Å². The van der Waals surface area contributed by atoms with E-state index in [9.17, 15) is 4.39 Å². The summed E-state index contributed by atoms with van der Waals surface area (Å²) in [7, 11) is 0. The van der Waals surface area contributed by atoms with Crippen molar-refractivity contribution in [3.05, 3.63) is 34.1 Å². The Morgan fingerprint density at radius 3 is 2.73 bits per heavy atom. The smallest absolute Gasteiger partial charge is 0.137 e. The van der Waals surface area contributed by atoms with E-state index in [1.54, 1.807) is 6.07 Å². The monoisotopic (exact) mass is 272 g/mol. The van der Waals surface area contributed by atoms with Crippen LogP contribution in [-0.2, 0) is 0 Å². The fraction of sp³-hybridized carbons (Fsp3) is 0.455. The van der Waals surface area contributed by atoms with Gasteiger partial charge in [0.2, 0.25) is 0 Å². The molecule has 0 bridgehead atoms. The normalized spacial score (nSPS) is 18.6. The van der Waals surface area contributed by atoms with E-state index in [1.165, 1.54) is 12.5 Å². The third-order valence-corrected chi connectivity index (χ3v) is 3.95. The van der Waals surface area contributed by atoms with E-state index in [0.29, 0.717) is 10.4 Å². The summed E-state index contributed by atoms with van der Waals surface area (Å²) >= 11 is 3.27. The topological polar surface area (TPSA) is 38.0 Å². The molecular formula is C11H14BrFN2. The third kappa shape index (κ3) is 2.07. The van der Waals surface area contributed by atoms with Gasteiger partial charge in [-0.1, -0.05) is 18.6 Å². The van der Waals surface area contributed by atoms with Crippen molar-refractivity contribution >= 4 is 15.9 Å². The molecule has 2 rings (SSSR count). The van der Waals surface area contributed by atoms with Crippen LogP contribution >= 0.6 is 15.9 Å². The van der Waals surface area contributed by atoms with Gasteiger partial charge in [-0.15, -0.1) is 0 Å². The lowest BCUT2D eigenvalue weighted by molar-refractivity contribution is 0.231. The first-order valence-electron chi connectivity index (χ1n) is 5.14. The zero-order valence-electron chi connectivity index (χ0n) is 8.34. The van der Waals surface area contributed by atoms with Crippen LogP contribution in [0.25, 0.3) is 0 Å². The number of nitrogens with two attached hydrogens (primary N) is 1. The highest BCUT2D eigenvalue weighted by molar-refractivity contribution is 9.10. The molecule has 0 heterocycles. The predicted octanol–water partition coefficient (Wildman–Crippen LogP) is 2.89. The molecule has 1 aromatic carbocycles. The van der Waals surface area contributed by atoms with Crippen molar-refractivity contribution in [3.8, 4) is 0 Å². The van der Waals surface area contributed by atoms with E-state index in [-0.39, 0.29) is 11.9 Å². The zero-order chi connectivity index (χ0) is 10.8. The van der Waals surface area contributed by atoms with Gasteiger partial charge in [-0.05, 0) is 46.3 Å². The minimum atomic E-state index is -0.230. The highest BCUT2D eigenvalue weighted by Gasteiger charge is 2.29. The van der Waals surface area contributed by atoms with Crippen molar-refractivity contribution in [2.45, 2.75) is 25.3 Å².